The summed E-state index contributed by atoms with van der Waals surface area (Å²) in [6, 6.07) is 16.6. The summed E-state index contributed by atoms with van der Waals surface area (Å²) in [5.41, 5.74) is 1.58. The van der Waals surface area contributed by atoms with Crippen molar-refractivity contribution in [3.63, 3.8) is 0 Å². The van der Waals surface area contributed by atoms with Crippen LogP contribution in [0.15, 0.2) is 54.6 Å². The number of likely N-dealkylation sites (N-methyl/N-ethyl adjacent to an activating group) is 1. The van der Waals surface area contributed by atoms with Crippen LogP contribution in [0.3, 0.4) is 0 Å². The zero-order valence-corrected chi connectivity index (χ0v) is 18.6. The number of hydrogen-bond acceptors (Lipinski definition) is 3. The highest BCUT2D eigenvalue weighted by atomic mass is 19.1. The predicted octanol–water partition coefficient (Wildman–Crippen LogP) is 3.48. The maximum Gasteiger partial charge on any atom is 0.298 e. The van der Waals surface area contributed by atoms with Gasteiger partial charge >= 0.3 is 0 Å². The topological polar surface area (TPSA) is 26.8 Å². The molecule has 1 atom stereocenters. The fraction of sp³-hybridized carbons (Fsp3) is 0.423. The Hall–Kier alpha value is -2.68. The van der Waals surface area contributed by atoms with Gasteiger partial charge in [-0.3, -0.25) is 9.69 Å². The van der Waals surface area contributed by atoms with Crippen molar-refractivity contribution in [2.75, 3.05) is 46.8 Å². The molecule has 0 N–H and O–H groups in total. The second-order valence-electron chi connectivity index (χ2n) is 8.51. The largest absolute Gasteiger partial charge is 0.330 e. The first-order valence-corrected chi connectivity index (χ1v) is 11.0. The van der Waals surface area contributed by atoms with E-state index in [-0.39, 0.29) is 11.7 Å². The van der Waals surface area contributed by atoms with Crippen LogP contribution in [0.2, 0.25) is 0 Å². The summed E-state index contributed by atoms with van der Waals surface area (Å²) in [6.07, 6.45) is 2.14. The van der Waals surface area contributed by atoms with Crippen LogP contribution in [0.1, 0.15) is 24.0 Å². The Morgan fingerprint density at radius 1 is 1.10 bits per heavy atom. The van der Waals surface area contributed by atoms with Crippen molar-refractivity contribution in [1.29, 1.82) is 0 Å². The quantitative estimate of drug-likeness (QED) is 0.641. The molecule has 0 radical (unpaired) electrons. The van der Waals surface area contributed by atoms with Crippen molar-refractivity contribution in [3.05, 3.63) is 71.5 Å². The van der Waals surface area contributed by atoms with Crippen molar-refractivity contribution in [2.45, 2.75) is 19.4 Å². The molecule has 5 heteroatoms. The van der Waals surface area contributed by atoms with Crippen LogP contribution in [0.5, 0.6) is 0 Å². The van der Waals surface area contributed by atoms with Gasteiger partial charge in [0.1, 0.15) is 5.82 Å². The Labute approximate surface area is 185 Å². The molecule has 1 amide bonds. The molecule has 0 aliphatic carbocycles. The van der Waals surface area contributed by atoms with Crippen LogP contribution in [0.4, 0.5) is 4.39 Å². The molecule has 2 aromatic carbocycles. The molecule has 31 heavy (non-hydrogen) atoms. The summed E-state index contributed by atoms with van der Waals surface area (Å²) in [6.45, 7) is 4.58. The number of benzene rings is 2. The van der Waals surface area contributed by atoms with Crippen LogP contribution in [-0.4, -0.2) is 67.4 Å². The van der Waals surface area contributed by atoms with Gasteiger partial charge in [0, 0.05) is 49.8 Å². The first kappa shape index (κ1) is 23.0. The van der Waals surface area contributed by atoms with E-state index in [1.807, 2.05) is 61.5 Å². The Kier molecular flexibility index (Phi) is 8.63. The standard InChI is InChI=1S/C26H32FN3O/c1-28(2)17-18-30(26(31)15-14-22-9-4-3-5-10-22)20-23-11-8-16-29(19-23)21-24-12-6-7-13-25(24)27/h3-7,9-10,12-13,23H,8,11,16-21H2,1-2H3. The van der Waals surface area contributed by atoms with Crippen LogP contribution >= 0.6 is 0 Å². The summed E-state index contributed by atoms with van der Waals surface area (Å²) in [5.74, 6) is 5.91. The highest BCUT2D eigenvalue weighted by Gasteiger charge is 2.24. The molecule has 1 aliphatic heterocycles. The second-order valence-corrected chi connectivity index (χ2v) is 8.51. The summed E-state index contributed by atoms with van der Waals surface area (Å²) >= 11 is 0. The number of piperidine rings is 1. The van der Waals surface area contributed by atoms with Crippen molar-refractivity contribution < 1.29 is 9.18 Å². The minimum absolute atomic E-state index is 0.128. The molecular weight excluding hydrogens is 389 g/mol. The van der Waals surface area contributed by atoms with Crippen LogP contribution in [0.25, 0.3) is 0 Å². The van der Waals surface area contributed by atoms with E-state index in [2.05, 4.69) is 21.6 Å². The van der Waals surface area contributed by atoms with E-state index in [0.29, 0.717) is 25.6 Å². The molecule has 164 valence electrons. The Balaban J connectivity index is 1.63. The number of halogens is 1. The third-order valence-corrected chi connectivity index (χ3v) is 5.63. The molecule has 1 unspecified atom stereocenters. The molecule has 1 fully saturated rings. The smallest absolute Gasteiger partial charge is 0.298 e. The normalized spacial score (nSPS) is 16.6. The van der Waals surface area contributed by atoms with E-state index in [1.165, 1.54) is 6.07 Å². The Morgan fingerprint density at radius 3 is 2.58 bits per heavy atom. The number of carbonyl (C=O) groups excluding carboxylic acids is 1. The minimum Gasteiger partial charge on any atom is -0.330 e. The van der Waals surface area contributed by atoms with Crippen LogP contribution in [-0.2, 0) is 11.3 Å². The van der Waals surface area contributed by atoms with E-state index in [1.54, 1.807) is 6.07 Å². The van der Waals surface area contributed by atoms with Crippen LogP contribution in [0, 0.1) is 23.6 Å². The van der Waals surface area contributed by atoms with Crippen molar-refractivity contribution in [2.24, 2.45) is 5.92 Å². The number of amides is 1. The van der Waals surface area contributed by atoms with Gasteiger partial charge < -0.3 is 9.80 Å². The average Bonchev–Trinajstić information content (AvgIpc) is 2.77. The van der Waals surface area contributed by atoms with Crippen molar-refractivity contribution in [1.82, 2.24) is 14.7 Å². The van der Waals surface area contributed by atoms with Gasteiger partial charge in [0.25, 0.3) is 5.91 Å². The number of carbonyl (C=O) groups is 1. The van der Waals surface area contributed by atoms with Gasteiger partial charge in [0.2, 0.25) is 0 Å². The minimum atomic E-state index is -0.149. The lowest BCUT2D eigenvalue weighted by Crippen LogP contribution is -2.44. The first-order valence-electron chi connectivity index (χ1n) is 11.0. The fourth-order valence-corrected chi connectivity index (χ4v) is 3.95. The summed E-state index contributed by atoms with van der Waals surface area (Å²) in [4.78, 5) is 19.2. The Bertz CT molecular complexity index is 904. The number of likely N-dealkylation sites (tertiary alicyclic amines) is 1. The van der Waals surface area contributed by atoms with E-state index in [4.69, 9.17) is 0 Å². The van der Waals surface area contributed by atoms with E-state index in [0.717, 1.165) is 43.6 Å². The number of rotatable bonds is 7. The van der Waals surface area contributed by atoms with Gasteiger partial charge in [0.05, 0.1) is 0 Å². The third kappa shape index (κ3) is 7.50. The molecular formula is C26H32FN3O. The SMILES string of the molecule is CN(C)CCN(CC1CCCN(Cc2ccccc2F)C1)C(=O)C#Cc1ccccc1. The molecule has 1 aliphatic rings. The summed E-state index contributed by atoms with van der Waals surface area (Å²) in [7, 11) is 4.02. The van der Waals surface area contributed by atoms with Gasteiger partial charge in [-0.2, -0.15) is 0 Å². The molecule has 0 aromatic heterocycles. The third-order valence-electron chi connectivity index (χ3n) is 5.63. The first-order chi connectivity index (χ1) is 15.0. The maximum atomic E-state index is 14.1. The number of hydrogen-bond donors (Lipinski definition) is 0. The second kappa shape index (κ2) is 11.6. The zero-order chi connectivity index (χ0) is 22.1. The lowest BCUT2D eigenvalue weighted by atomic mass is 9.96. The summed E-state index contributed by atoms with van der Waals surface area (Å²) < 4.78 is 14.1. The van der Waals surface area contributed by atoms with E-state index < -0.39 is 0 Å². The molecule has 0 spiro atoms. The van der Waals surface area contributed by atoms with Gasteiger partial charge in [-0.25, -0.2) is 4.39 Å². The van der Waals surface area contributed by atoms with Crippen molar-refractivity contribution >= 4 is 5.91 Å². The molecule has 0 saturated carbocycles. The highest BCUT2D eigenvalue weighted by Crippen LogP contribution is 2.20. The summed E-state index contributed by atoms with van der Waals surface area (Å²) in [5, 5.41) is 0. The van der Waals surface area contributed by atoms with E-state index >= 15 is 0 Å². The van der Waals surface area contributed by atoms with Gasteiger partial charge in [-0.05, 0) is 57.6 Å². The molecule has 4 nitrogen and oxygen atoms in total. The molecule has 0 bridgehead atoms. The highest BCUT2D eigenvalue weighted by molar-refractivity contribution is 5.94. The lowest BCUT2D eigenvalue weighted by molar-refractivity contribution is -0.126. The maximum absolute atomic E-state index is 14.1. The van der Waals surface area contributed by atoms with Crippen LogP contribution < -0.4 is 0 Å². The molecule has 1 heterocycles. The fourth-order valence-electron chi connectivity index (χ4n) is 3.95. The van der Waals surface area contributed by atoms with Gasteiger partial charge in [-0.15, -0.1) is 0 Å². The average molecular weight is 422 g/mol. The zero-order valence-electron chi connectivity index (χ0n) is 18.6. The Morgan fingerprint density at radius 2 is 1.84 bits per heavy atom. The van der Waals surface area contributed by atoms with Gasteiger partial charge in [-0.1, -0.05) is 42.3 Å². The van der Waals surface area contributed by atoms with Gasteiger partial charge in [0.15, 0.2) is 0 Å². The van der Waals surface area contributed by atoms with E-state index in [9.17, 15) is 9.18 Å². The molecule has 3 rings (SSSR count). The monoisotopic (exact) mass is 421 g/mol. The number of nitrogens with zero attached hydrogens (tertiary/aromatic N) is 3. The molecule has 2 aromatic rings. The predicted molar refractivity (Wildman–Crippen MR) is 123 cm³/mol. The lowest BCUT2D eigenvalue weighted by Gasteiger charge is -2.35. The molecule has 1 saturated heterocycles. The van der Waals surface area contributed by atoms with Crippen molar-refractivity contribution in [3.8, 4) is 11.8 Å².